The molecule has 1 amide bonds. The summed E-state index contributed by atoms with van der Waals surface area (Å²) in [6.45, 7) is 3.75. The number of carbonyl (C=O) groups is 2. The fraction of sp³-hybridized carbons (Fsp3) is 0.467. The number of hydrogen-bond acceptors (Lipinski definition) is 3. The summed E-state index contributed by atoms with van der Waals surface area (Å²) >= 11 is 0. The molecule has 0 saturated carbocycles. The highest BCUT2D eigenvalue weighted by atomic mass is 16.5. The molecule has 0 unspecified atom stereocenters. The topological polar surface area (TPSA) is 75.6 Å². The van der Waals surface area contributed by atoms with Gasteiger partial charge in [-0.05, 0) is 44.4 Å². The number of fused-ring (bicyclic) bond motifs is 1. The van der Waals surface area contributed by atoms with Gasteiger partial charge in [0.25, 0.3) is 0 Å². The second kappa shape index (κ2) is 5.53. The van der Waals surface area contributed by atoms with Gasteiger partial charge in [0.2, 0.25) is 5.91 Å². The van der Waals surface area contributed by atoms with Crippen molar-refractivity contribution >= 4 is 17.6 Å². The van der Waals surface area contributed by atoms with E-state index in [2.05, 4.69) is 5.32 Å². The molecule has 5 nitrogen and oxygen atoms in total. The van der Waals surface area contributed by atoms with Gasteiger partial charge in [-0.2, -0.15) is 0 Å². The van der Waals surface area contributed by atoms with E-state index in [0.717, 1.165) is 5.56 Å². The zero-order chi connectivity index (χ0) is 14.8. The summed E-state index contributed by atoms with van der Waals surface area (Å²) in [5, 5.41) is 11.5. The summed E-state index contributed by atoms with van der Waals surface area (Å²) in [5.41, 5.74) is 1.13. The Kier molecular flexibility index (Phi) is 3.97. The van der Waals surface area contributed by atoms with Gasteiger partial charge in [0.1, 0.15) is 11.4 Å². The third-order valence-corrected chi connectivity index (χ3v) is 3.15. The third-order valence-electron chi connectivity index (χ3n) is 3.15. The van der Waals surface area contributed by atoms with Crippen LogP contribution in [0, 0.1) is 0 Å². The number of carbonyl (C=O) groups excluding carboxylic acids is 1. The number of ether oxygens (including phenoxy) is 1. The van der Waals surface area contributed by atoms with Crippen LogP contribution in [-0.2, 0) is 16.0 Å². The molecule has 1 heterocycles. The molecule has 108 valence electrons. The number of carboxylic acid groups (broad SMARTS) is 1. The zero-order valence-corrected chi connectivity index (χ0v) is 11.7. The average molecular weight is 277 g/mol. The van der Waals surface area contributed by atoms with Crippen LogP contribution in [0.4, 0.5) is 5.69 Å². The quantitative estimate of drug-likeness (QED) is 0.887. The summed E-state index contributed by atoms with van der Waals surface area (Å²) in [6, 6.07) is 5.60. The number of benzene rings is 1. The fourth-order valence-electron chi connectivity index (χ4n) is 2.28. The van der Waals surface area contributed by atoms with E-state index in [4.69, 9.17) is 9.84 Å². The monoisotopic (exact) mass is 277 g/mol. The number of rotatable bonds is 4. The Balaban J connectivity index is 2.14. The first-order valence-corrected chi connectivity index (χ1v) is 6.69. The van der Waals surface area contributed by atoms with Crippen LogP contribution in [0.3, 0.4) is 0 Å². The molecule has 1 aliphatic rings. The molecule has 0 spiro atoms. The Labute approximate surface area is 117 Å². The number of hydrogen-bond donors (Lipinski definition) is 2. The fourth-order valence-corrected chi connectivity index (χ4v) is 2.28. The Hall–Kier alpha value is -2.04. The van der Waals surface area contributed by atoms with E-state index in [1.165, 1.54) is 0 Å². The number of aliphatic carboxylic acids is 1. The summed E-state index contributed by atoms with van der Waals surface area (Å²) in [7, 11) is 0. The van der Waals surface area contributed by atoms with Crippen LogP contribution in [0.2, 0.25) is 0 Å². The van der Waals surface area contributed by atoms with Crippen LogP contribution < -0.4 is 10.1 Å². The minimum atomic E-state index is -0.793. The summed E-state index contributed by atoms with van der Waals surface area (Å²) in [5.74, 6) is -0.211. The van der Waals surface area contributed by atoms with Gasteiger partial charge < -0.3 is 15.2 Å². The van der Waals surface area contributed by atoms with Crippen molar-refractivity contribution in [2.24, 2.45) is 0 Å². The number of nitrogens with one attached hydrogen (secondary N) is 1. The molecule has 5 heteroatoms. The van der Waals surface area contributed by atoms with E-state index in [-0.39, 0.29) is 12.3 Å². The van der Waals surface area contributed by atoms with E-state index >= 15 is 0 Å². The van der Waals surface area contributed by atoms with Gasteiger partial charge in [-0.15, -0.1) is 0 Å². The van der Waals surface area contributed by atoms with Crippen molar-refractivity contribution in [1.82, 2.24) is 0 Å². The summed E-state index contributed by atoms with van der Waals surface area (Å²) < 4.78 is 5.83. The molecular weight excluding hydrogens is 258 g/mol. The number of aryl methyl sites for hydroxylation is 1. The average Bonchev–Trinajstić information content (AvgIpc) is 2.41. The minimum absolute atomic E-state index is 0.0727. The van der Waals surface area contributed by atoms with Crippen LogP contribution >= 0.6 is 0 Å². The molecule has 0 bridgehead atoms. The van der Waals surface area contributed by atoms with Gasteiger partial charge in [0.05, 0.1) is 12.1 Å². The first-order chi connectivity index (χ1) is 9.35. The number of carboxylic acids is 1. The highest BCUT2D eigenvalue weighted by molar-refractivity contribution is 5.93. The van der Waals surface area contributed by atoms with Crippen molar-refractivity contribution in [3.63, 3.8) is 0 Å². The molecule has 0 aromatic heterocycles. The van der Waals surface area contributed by atoms with E-state index in [1.807, 2.05) is 32.0 Å². The second-order valence-corrected chi connectivity index (χ2v) is 5.66. The van der Waals surface area contributed by atoms with Crippen molar-refractivity contribution in [2.75, 3.05) is 5.32 Å². The molecule has 0 fully saturated rings. The van der Waals surface area contributed by atoms with Crippen molar-refractivity contribution in [1.29, 1.82) is 0 Å². The highest BCUT2D eigenvalue weighted by Crippen LogP contribution is 2.33. The van der Waals surface area contributed by atoms with Crippen molar-refractivity contribution in [3.8, 4) is 5.75 Å². The molecule has 1 aromatic rings. The van der Waals surface area contributed by atoms with Crippen molar-refractivity contribution in [3.05, 3.63) is 23.8 Å². The summed E-state index contributed by atoms with van der Waals surface area (Å²) in [6.07, 6.45) is 1.69. The van der Waals surface area contributed by atoms with Gasteiger partial charge >= 0.3 is 5.97 Å². The van der Waals surface area contributed by atoms with E-state index < -0.39 is 11.6 Å². The van der Waals surface area contributed by atoms with Gasteiger partial charge in [0, 0.05) is 6.42 Å². The largest absolute Gasteiger partial charge is 0.485 e. The standard InChI is InChI=1S/C15H19NO4/c1-15(2)9-13(17)16-11-8-10(4-3-5-14(18)19)6-7-12(11)20-15/h6-8H,3-5,9H2,1-2H3,(H,16,17)(H,18,19). The highest BCUT2D eigenvalue weighted by Gasteiger charge is 2.29. The molecule has 1 aliphatic heterocycles. The van der Waals surface area contributed by atoms with Crippen molar-refractivity contribution in [2.45, 2.75) is 45.1 Å². The normalized spacial score (nSPS) is 16.6. The van der Waals surface area contributed by atoms with Crippen LogP contribution in [0.1, 0.15) is 38.7 Å². The van der Waals surface area contributed by atoms with Gasteiger partial charge in [-0.1, -0.05) is 6.07 Å². The molecule has 0 atom stereocenters. The lowest BCUT2D eigenvalue weighted by atomic mass is 10.1. The van der Waals surface area contributed by atoms with Crippen LogP contribution in [0.25, 0.3) is 0 Å². The number of anilines is 1. The molecule has 2 N–H and O–H groups in total. The van der Waals surface area contributed by atoms with Gasteiger partial charge in [-0.3, -0.25) is 9.59 Å². The predicted molar refractivity (Wildman–Crippen MR) is 75.0 cm³/mol. The molecule has 20 heavy (non-hydrogen) atoms. The second-order valence-electron chi connectivity index (χ2n) is 5.66. The maximum absolute atomic E-state index is 11.8. The Morgan fingerprint density at radius 3 is 2.90 bits per heavy atom. The Morgan fingerprint density at radius 1 is 1.45 bits per heavy atom. The van der Waals surface area contributed by atoms with E-state index in [9.17, 15) is 9.59 Å². The van der Waals surface area contributed by atoms with Gasteiger partial charge in [-0.25, -0.2) is 0 Å². The van der Waals surface area contributed by atoms with Crippen LogP contribution in [0.15, 0.2) is 18.2 Å². The van der Waals surface area contributed by atoms with E-state index in [0.29, 0.717) is 30.7 Å². The summed E-state index contributed by atoms with van der Waals surface area (Å²) in [4.78, 5) is 22.3. The van der Waals surface area contributed by atoms with Crippen LogP contribution in [0.5, 0.6) is 5.75 Å². The van der Waals surface area contributed by atoms with E-state index in [1.54, 1.807) is 0 Å². The smallest absolute Gasteiger partial charge is 0.303 e. The Bertz CT molecular complexity index is 537. The number of amides is 1. The maximum Gasteiger partial charge on any atom is 0.303 e. The lowest BCUT2D eigenvalue weighted by Gasteiger charge is -2.23. The molecule has 1 aromatic carbocycles. The molecule has 0 aliphatic carbocycles. The molecular formula is C15H19NO4. The van der Waals surface area contributed by atoms with Gasteiger partial charge in [0.15, 0.2) is 0 Å². The SMILES string of the molecule is CC1(C)CC(=O)Nc2cc(CCCC(=O)O)ccc2O1. The first kappa shape index (κ1) is 14.4. The molecule has 0 saturated heterocycles. The lowest BCUT2D eigenvalue weighted by molar-refractivity contribution is -0.137. The third kappa shape index (κ3) is 3.73. The van der Waals surface area contributed by atoms with Crippen LogP contribution in [-0.4, -0.2) is 22.6 Å². The lowest BCUT2D eigenvalue weighted by Crippen LogP contribution is -2.30. The molecule has 2 rings (SSSR count). The zero-order valence-electron chi connectivity index (χ0n) is 11.7. The minimum Gasteiger partial charge on any atom is -0.485 e. The first-order valence-electron chi connectivity index (χ1n) is 6.69. The Morgan fingerprint density at radius 2 is 2.20 bits per heavy atom. The predicted octanol–water partition coefficient (Wildman–Crippen LogP) is 2.59. The van der Waals surface area contributed by atoms with Crippen molar-refractivity contribution < 1.29 is 19.4 Å². The maximum atomic E-state index is 11.8. The molecule has 0 radical (unpaired) electrons.